The molecule has 1 aromatic heterocycles. The molecule has 1 heterocycles. The molecule has 0 saturated carbocycles. The Balaban J connectivity index is 2.12. The molecule has 2 aromatic carbocycles. The van der Waals surface area contributed by atoms with Crippen molar-refractivity contribution in [2.75, 3.05) is 32.8 Å². The summed E-state index contributed by atoms with van der Waals surface area (Å²) >= 11 is 6.94. The lowest BCUT2D eigenvalue weighted by atomic mass is 9.96. The third kappa shape index (κ3) is 4.86. The number of thioether (sulfide) groups is 1. The highest BCUT2D eigenvalue weighted by Crippen LogP contribution is 2.44. The molecule has 0 aliphatic heterocycles. The van der Waals surface area contributed by atoms with E-state index in [-0.39, 0.29) is 39.1 Å². The Kier molecular flexibility index (Phi) is 7.85. The molecule has 0 spiro atoms. The van der Waals surface area contributed by atoms with Gasteiger partial charge in [-0.2, -0.15) is 10.5 Å². The van der Waals surface area contributed by atoms with Crippen LogP contribution in [-0.4, -0.2) is 37.8 Å². The molecule has 0 aliphatic rings. The van der Waals surface area contributed by atoms with Crippen LogP contribution in [0.15, 0.2) is 41.4 Å². The predicted molar refractivity (Wildman–Crippen MR) is 130 cm³/mol. The smallest absolute Gasteiger partial charge is 0.203 e. The number of Topliss-reactive ketones (excluding diaryl/α,β-unsaturated/α-hetero) is 1. The Morgan fingerprint density at radius 2 is 1.62 bits per heavy atom. The third-order valence-electron chi connectivity index (χ3n) is 4.88. The maximum absolute atomic E-state index is 12.6. The van der Waals surface area contributed by atoms with Gasteiger partial charge in [0.15, 0.2) is 17.3 Å². The first-order valence-electron chi connectivity index (χ1n) is 9.74. The number of aromatic nitrogens is 1. The van der Waals surface area contributed by atoms with Gasteiger partial charge in [0.05, 0.1) is 32.6 Å². The van der Waals surface area contributed by atoms with Crippen molar-refractivity contribution in [2.45, 2.75) is 5.03 Å². The third-order valence-corrected chi connectivity index (χ3v) is 6.10. The number of hydrogen-bond donors (Lipinski definition) is 1. The molecule has 0 radical (unpaired) electrons. The molecule has 0 fully saturated rings. The summed E-state index contributed by atoms with van der Waals surface area (Å²) in [6, 6.07) is 13.9. The molecule has 0 saturated heterocycles. The van der Waals surface area contributed by atoms with Crippen LogP contribution in [0.3, 0.4) is 0 Å². The van der Waals surface area contributed by atoms with Crippen LogP contribution < -0.4 is 19.9 Å². The van der Waals surface area contributed by atoms with Gasteiger partial charge in [-0.25, -0.2) is 4.98 Å². The van der Waals surface area contributed by atoms with Gasteiger partial charge in [0.25, 0.3) is 0 Å². The van der Waals surface area contributed by atoms with Gasteiger partial charge in [-0.1, -0.05) is 23.4 Å². The first-order valence-corrected chi connectivity index (χ1v) is 11.1. The van der Waals surface area contributed by atoms with E-state index < -0.39 is 0 Å². The van der Waals surface area contributed by atoms with E-state index in [0.29, 0.717) is 33.4 Å². The minimum absolute atomic E-state index is 0.00332. The number of anilines is 1. The van der Waals surface area contributed by atoms with E-state index in [0.717, 1.165) is 11.8 Å². The highest BCUT2D eigenvalue weighted by Gasteiger charge is 2.24. The highest BCUT2D eigenvalue weighted by atomic mass is 35.5. The summed E-state index contributed by atoms with van der Waals surface area (Å²) in [5.41, 5.74) is 7.40. The number of nitrogens with zero attached hydrogens (tertiary/aromatic N) is 3. The number of methoxy groups -OCH3 is 3. The van der Waals surface area contributed by atoms with E-state index in [1.54, 1.807) is 36.4 Å². The summed E-state index contributed by atoms with van der Waals surface area (Å²) < 4.78 is 16.2. The molecule has 172 valence electrons. The molecular weight excluding hydrogens is 476 g/mol. The molecule has 34 heavy (non-hydrogen) atoms. The van der Waals surface area contributed by atoms with Crippen molar-refractivity contribution in [3.8, 4) is 40.5 Å². The molecule has 3 aromatic rings. The lowest BCUT2D eigenvalue weighted by molar-refractivity contribution is 0.102. The zero-order valence-electron chi connectivity index (χ0n) is 18.5. The monoisotopic (exact) mass is 494 g/mol. The molecule has 0 atom stereocenters. The summed E-state index contributed by atoms with van der Waals surface area (Å²) in [7, 11) is 4.39. The molecule has 8 nitrogen and oxygen atoms in total. The van der Waals surface area contributed by atoms with E-state index in [1.807, 2.05) is 6.07 Å². The number of ketones is 1. The molecule has 0 unspecified atom stereocenters. The lowest BCUT2D eigenvalue weighted by Crippen LogP contribution is -2.07. The number of nitrogen functional groups attached to an aromatic ring is 1. The van der Waals surface area contributed by atoms with E-state index in [2.05, 4.69) is 11.1 Å². The first-order chi connectivity index (χ1) is 16.4. The second-order valence-corrected chi connectivity index (χ2v) is 8.18. The van der Waals surface area contributed by atoms with Crippen molar-refractivity contribution in [1.29, 1.82) is 10.5 Å². The quantitative estimate of drug-likeness (QED) is 0.348. The zero-order chi connectivity index (χ0) is 24.8. The number of nitriles is 2. The number of ether oxygens (including phenoxy) is 3. The van der Waals surface area contributed by atoms with Crippen LogP contribution in [0.25, 0.3) is 11.1 Å². The molecule has 3 rings (SSSR count). The predicted octanol–water partition coefficient (Wildman–Crippen LogP) is 4.73. The van der Waals surface area contributed by atoms with Crippen molar-refractivity contribution in [3.05, 3.63) is 58.1 Å². The average molecular weight is 495 g/mol. The summed E-state index contributed by atoms with van der Waals surface area (Å²) in [6.07, 6.45) is 0. The van der Waals surface area contributed by atoms with E-state index in [1.165, 1.54) is 21.3 Å². The maximum Gasteiger partial charge on any atom is 0.203 e. The van der Waals surface area contributed by atoms with E-state index in [9.17, 15) is 15.3 Å². The Morgan fingerprint density at radius 1 is 1.03 bits per heavy atom. The van der Waals surface area contributed by atoms with Gasteiger partial charge in [-0.3, -0.25) is 4.79 Å². The van der Waals surface area contributed by atoms with Gasteiger partial charge in [0.1, 0.15) is 28.5 Å². The summed E-state index contributed by atoms with van der Waals surface area (Å²) in [5, 5.41) is 20.5. The zero-order valence-corrected chi connectivity index (χ0v) is 20.1. The largest absolute Gasteiger partial charge is 0.493 e. The number of nitrogens with two attached hydrogens (primary N) is 1. The van der Waals surface area contributed by atoms with Crippen molar-refractivity contribution in [1.82, 2.24) is 4.98 Å². The van der Waals surface area contributed by atoms with Crippen LogP contribution >= 0.6 is 23.4 Å². The fourth-order valence-electron chi connectivity index (χ4n) is 3.27. The average Bonchev–Trinajstić information content (AvgIpc) is 2.86. The van der Waals surface area contributed by atoms with Gasteiger partial charge >= 0.3 is 0 Å². The molecular formula is C24H19ClN4O4S. The number of benzene rings is 2. The SMILES string of the molecule is COc1cc(-c2c(C#N)c(N)nc(SCC(=O)c3ccc(Cl)cc3)c2C#N)cc(OC)c1OC. The molecule has 2 N–H and O–H groups in total. The van der Waals surface area contributed by atoms with Crippen molar-refractivity contribution < 1.29 is 19.0 Å². The second kappa shape index (κ2) is 10.8. The van der Waals surface area contributed by atoms with Gasteiger partial charge in [-0.15, -0.1) is 0 Å². The second-order valence-electron chi connectivity index (χ2n) is 6.78. The van der Waals surface area contributed by atoms with Crippen LogP contribution in [0.1, 0.15) is 21.5 Å². The maximum atomic E-state index is 12.6. The molecule has 10 heteroatoms. The van der Waals surface area contributed by atoms with E-state index >= 15 is 0 Å². The van der Waals surface area contributed by atoms with Crippen molar-refractivity contribution in [3.63, 3.8) is 0 Å². The van der Waals surface area contributed by atoms with Crippen LogP contribution in [-0.2, 0) is 0 Å². The lowest BCUT2D eigenvalue weighted by Gasteiger charge is -2.17. The minimum atomic E-state index is -0.176. The Bertz CT molecular complexity index is 1310. The number of hydrogen-bond acceptors (Lipinski definition) is 9. The molecule has 0 amide bonds. The van der Waals surface area contributed by atoms with Crippen molar-refractivity contribution >= 4 is 35.0 Å². The normalized spacial score (nSPS) is 10.2. The van der Waals surface area contributed by atoms with Crippen LogP contribution in [0.5, 0.6) is 17.2 Å². The van der Waals surface area contributed by atoms with Gasteiger partial charge in [-0.05, 0) is 42.0 Å². The fraction of sp³-hybridized carbons (Fsp3) is 0.167. The molecule has 0 aliphatic carbocycles. The minimum Gasteiger partial charge on any atom is -0.493 e. The van der Waals surface area contributed by atoms with Gasteiger partial charge < -0.3 is 19.9 Å². The van der Waals surface area contributed by atoms with Gasteiger partial charge in [0.2, 0.25) is 5.75 Å². The Morgan fingerprint density at radius 3 is 2.12 bits per heavy atom. The van der Waals surface area contributed by atoms with Crippen LogP contribution in [0.4, 0.5) is 5.82 Å². The first kappa shape index (κ1) is 24.7. The summed E-state index contributed by atoms with van der Waals surface area (Å²) in [6.45, 7) is 0. The Labute approximate surface area is 205 Å². The van der Waals surface area contributed by atoms with Crippen LogP contribution in [0.2, 0.25) is 5.02 Å². The number of halogens is 1. The topological polar surface area (TPSA) is 131 Å². The number of rotatable bonds is 8. The fourth-order valence-corrected chi connectivity index (χ4v) is 4.29. The number of pyridine rings is 1. The summed E-state index contributed by atoms with van der Waals surface area (Å²) in [4.78, 5) is 16.9. The van der Waals surface area contributed by atoms with Crippen LogP contribution in [0, 0.1) is 22.7 Å². The molecule has 0 bridgehead atoms. The number of carbonyl (C=O) groups is 1. The van der Waals surface area contributed by atoms with Gasteiger partial charge in [0, 0.05) is 16.1 Å². The van der Waals surface area contributed by atoms with E-state index in [4.69, 9.17) is 31.5 Å². The Hall–Kier alpha value is -3.92. The highest BCUT2D eigenvalue weighted by molar-refractivity contribution is 8.00. The summed E-state index contributed by atoms with van der Waals surface area (Å²) in [5.74, 6) is 0.801. The van der Waals surface area contributed by atoms with Crippen molar-refractivity contribution in [2.24, 2.45) is 0 Å². The standard InChI is InChI=1S/C24H19ClN4O4S/c1-31-19-8-14(9-20(32-2)22(19)33-3)21-16(10-26)23(28)29-24(17(21)11-27)34-12-18(30)13-4-6-15(25)7-5-13/h4-9H,12H2,1-3H3,(H2,28,29). The number of carbonyl (C=O) groups excluding carboxylic acids is 1.